The number of carbonyl (C=O) groups is 1. The molecule has 0 heterocycles. The van der Waals surface area contributed by atoms with E-state index in [4.69, 9.17) is 5.73 Å². The van der Waals surface area contributed by atoms with Gasteiger partial charge in [0, 0.05) is 5.57 Å². The van der Waals surface area contributed by atoms with Crippen molar-refractivity contribution < 1.29 is 4.79 Å². The van der Waals surface area contributed by atoms with Crippen LogP contribution in [0.15, 0.2) is 11.6 Å². The van der Waals surface area contributed by atoms with Crippen LogP contribution in [0.25, 0.3) is 0 Å². The van der Waals surface area contributed by atoms with Gasteiger partial charge in [-0.05, 0) is 12.8 Å². The first kappa shape index (κ1) is 10.2. The molecule has 0 unspecified atom stereocenters. The predicted molar refractivity (Wildman–Crippen MR) is 47.1 cm³/mol. The summed E-state index contributed by atoms with van der Waals surface area (Å²) in [5, 5.41) is 0. The van der Waals surface area contributed by atoms with E-state index in [1.54, 1.807) is 0 Å². The first-order valence-electron chi connectivity index (χ1n) is 4.21. The standard InChI is InChI=1S/C9H17NO/c1-3-5-6-7-8(4-2)9(10)11/h7H,3-6H2,1-2H3,(H2,10,11)/b8-7-. The molecule has 0 aliphatic rings. The number of carbonyl (C=O) groups excluding carboxylic acids is 1. The molecule has 0 aromatic carbocycles. The van der Waals surface area contributed by atoms with Gasteiger partial charge in [0.05, 0.1) is 0 Å². The van der Waals surface area contributed by atoms with Gasteiger partial charge in [-0.1, -0.05) is 32.8 Å². The maximum Gasteiger partial charge on any atom is 0.244 e. The summed E-state index contributed by atoms with van der Waals surface area (Å²) in [6, 6.07) is 0. The minimum Gasteiger partial charge on any atom is -0.366 e. The Morgan fingerprint density at radius 2 is 2.09 bits per heavy atom. The van der Waals surface area contributed by atoms with E-state index in [9.17, 15) is 4.79 Å². The maximum absolute atomic E-state index is 10.7. The zero-order valence-electron chi connectivity index (χ0n) is 7.39. The van der Waals surface area contributed by atoms with E-state index in [-0.39, 0.29) is 5.91 Å². The highest BCUT2D eigenvalue weighted by Crippen LogP contribution is 2.03. The minimum absolute atomic E-state index is 0.274. The molecule has 64 valence electrons. The Balaban J connectivity index is 3.81. The van der Waals surface area contributed by atoms with E-state index in [1.165, 1.54) is 0 Å². The first-order chi connectivity index (χ1) is 5.22. The van der Waals surface area contributed by atoms with Crippen molar-refractivity contribution in [3.05, 3.63) is 11.6 Å². The highest BCUT2D eigenvalue weighted by atomic mass is 16.1. The zero-order chi connectivity index (χ0) is 8.69. The number of amides is 1. The third kappa shape index (κ3) is 4.59. The highest BCUT2D eigenvalue weighted by Gasteiger charge is 1.99. The normalized spacial score (nSPS) is 11.6. The third-order valence-electron chi connectivity index (χ3n) is 1.65. The van der Waals surface area contributed by atoms with Crippen LogP contribution in [-0.4, -0.2) is 5.91 Å². The lowest BCUT2D eigenvalue weighted by molar-refractivity contribution is -0.114. The number of unbranched alkanes of at least 4 members (excludes halogenated alkanes) is 2. The lowest BCUT2D eigenvalue weighted by atomic mass is 10.1. The van der Waals surface area contributed by atoms with E-state index in [2.05, 4.69) is 6.92 Å². The van der Waals surface area contributed by atoms with E-state index >= 15 is 0 Å². The van der Waals surface area contributed by atoms with Crippen LogP contribution < -0.4 is 5.73 Å². The molecule has 0 spiro atoms. The topological polar surface area (TPSA) is 43.1 Å². The molecule has 11 heavy (non-hydrogen) atoms. The lowest BCUT2D eigenvalue weighted by Crippen LogP contribution is -2.13. The number of hydrogen-bond acceptors (Lipinski definition) is 1. The number of rotatable bonds is 5. The Labute approximate surface area is 68.5 Å². The summed E-state index contributed by atoms with van der Waals surface area (Å²) in [7, 11) is 0. The molecule has 2 nitrogen and oxygen atoms in total. The van der Waals surface area contributed by atoms with Crippen LogP contribution in [0.4, 0.5) is 0 Å². The van der Waals surface area contributed by atoms with Crippen LogP contribution in [0, 0.1) is 0 Å². The minimum atomic E-state index is -0.274. The van der Waals surface area contributed by atoms with Crippen LogP contribution in [0.1, 0.15) is 39.5 Å². The number of nitrogens with two attached hydrogens (primary N) is 1. The summed E-state index contributed by atoms with van der Waals surface area (Å²) in [6.45, 7) is 4.08. The van der Waals surface area contributed by atoms with Gasteiger partial charge in [-0.2, -0.15) is 0 Å². The molecule has 1 amide bonds. The van der Waals surface area contributed by atoms with E-state index in [1.807, 2.05) is 13.0 Å². The molecular formula is C9H17NO. The van der Waals surface area contributed by atoms with Crippen molar-refractivity contribution >= 4 is 5.91 Å². The summed E-state index contributed by atoms with van der Waals surface area (Å²) >= 11 is 0. The molecular weight excluding hydrogens is 138 g/mol. The monoisotopic (exact) mass is 155 g/mol. The summed E-state index contributed by atoms with van der Waals surface area (Å²) < 4.78 is 0. The van der Waals surface area contributed by atoms with Gasteiger partial charge < -0.3 is 5.73 Å². The molecule has 0 saturated heterocycles. The van der Waals surface area contributed by atoms with Crippen LogP contribution >= 0.6 is 0 Å². The van der Waals surface area contributed by atoms with Crippen molar-refractivity contribution in [1.29, 1.82) is 0 Å². The molecule has 0 atom stereocenters. The average Bonchev–Trinajstić information content (AvgIpc) is 1.97. The number of primary amides is 1. The number of hydrogen-bond donors (Lipinski definition) is 1. The van der Waals surface area contributed by atoms with Gasteiger partial charge >= 0.3 is 0 Å². The average molecular weight is 155 g/mol. The molecule has 0 aromatic rings. The van der Waals surface area contributed by atoms with E-state index in [0.29, 0.717) is 0 Å². The van der Waals surface area contributed by atoms with Crippen molar-refractivity contribution in [2.24, 2.45) is 5.73 Å². The quantitative estimate of drug-likeness (QED) is 0.479. The summed E-state index contributed by atoms with van der Waals surface area (Å²) in [4.78, 5) is 10.7. The summed E-state index contributed by atoms with van der Waals surface area (Å²) in [5.74, 6) is -0.274. The molecule has 0 aromatic heterocycles. The van der Waals surface area contributed by atoms with Gasteiger partial charge in [-0.15, -0.1) is 0 Å². The number of allylic oxidation sites excluding steroid dienone is 1. The first-order valence-corrected chi connectivity index (χ1v) is 4.21. The Morgan fingerprint density at radius 3 is 2.45 bits per heavy atom. The molecule has 0 saturated carbocycles. The van der Waals surface area contributed by atoms with Gasteiger partial charge in [-0.3, -0.25) is 4.79 Å². The lowest BCUT2D eigenvalue weighted by Gasteiger charge is -1.97. The highest BCUT2D eigenvalue weighted by molar-refractivity contribution is 5.91. The second-order valence-corrected chi connectivity index (χ2v) is 2.59. The smallest absolute Gasteiger partial charge is 0.244 e. The Morgan fingerprint density at radius 1 is 1.45 bits per heavy atom. The van der Waals surface area contributed by atoms with Gasteiger partial charge in [0.15, 0.2) is 0 Å². The molecule has 2 heteroatoms. The van der Waals surface area contributed by atoms with Gasteiger partial charge in [0.1, 0.15) is 0 Å². The Hall–Kier alpha value is -0.790. The third-order valence-corrected chi connectivity index (χ3v) is 1.65. The second-order valence-electron chi connectivity index (χ2n) is 2.59. The fourth-order valence-corrected chi connectivity index (χ4v) is 0.900. The van der Waals surface area contributed by atoms with Crippen LogP contribution in [0.2, 0.25) is 0 Å². The molecule has 0 aliphatic carbocycles. The van der Waals surface area contributed by atoms with Gasteiger partial charge in [0.25, 0.3) is 0 Å². The van der Waals surface area contributed by atoms with Crippen LogP contribution in [0.5, 0.6) is 0 Å². The molecule has 0 radical (unpaired) electrons. The molecule has 0 aliphatic heterocycles. The van der Waals surface area contributed by atoms with Crippen LogP contribution in [0.3, 0.4) is 0 Å². The van der Waals surface area contributed by atoms with E-state index < -0.39 is 0 Å². The van der Waals surface area contributed by atoms with Gasteiger partial charge in [-0.25, -0.2) is 0 Å². The molecule has 0 fully saturated rings. The fraction of sp³-hybridized carbons (Fsp3) is 0.667. The predicted octanol–water partition coefficient (Wildman–Crippen LogP) is 2.00. The second kappa shape index (κ2) is 5.96. The van der Waals surface area contributed by atoms with E-state index in [0.717, 1.165) is 31.3 Å². The largest absolute Gasteiger partial charge is 0.366 e. The van der Waals surface area contributed by atoms with Crippen molar-refractivity contribution in [2.75, 3.05) is 0 Å². The molecule has 0 rings (SSSR count). The Bertz CT molecular complexity index is 150. The Kier molecular flexibility index (Phi) is 5.53. The van der Waals surface area contributed by atoms with Crippen molar-refractivity contribution in [1.82, 2.24) is 0 Å². The fourth-order valence-electron chi connectivity index (χ4n) is 0.900. The molecule has 0 bridgehead atoms. The summed E-state index contributed by atoms with van der Waals surface area (Å²) in [5.41, 5.74) is 5.88. The SMILES string of the molecule is CCCC/C=C(/CC)C(N)=O. The maximum atomic E-state index is 10.7. The van der Waals surface area contributed by atoms with Gasteiger partial charge in [0.2, 0.25) is 5.91 Å². The van der Waals surface area contributed by atoms with Crippen molar-refractivity contribution in [3.63, 3.8) is 0 Å². The summed E-state index contributed by atoms with van der Waals surface area (Å²) in [6.07, 6.45) is 5.97. The zero-order valence-corrected chi connectivity index (χ0v) is 7.39. The molecule has 2 N–H and O–H groups in total. The van der Waals surface area contributed by atoms with Crippen LogP contribution in [-0.2, 0) is 4.79 Å². The van der Waals surface area contributed by atoms with Crippen molar-refractivity contribution in [2.45, 2.75) is 39.5 Å². The van der Waals surface area contributed by atoms with Crippen molar-refractivity contribution in [3.8, 4) is 0 Å².